The minimum Gasteiger partial charge on any atom is -0.381 e. The van der Waals surface area contributed by atoms with Crippen LogP contribution in [0.5, 0.6) is 0 Å². The molecule has 138 valence electrons. The van der Waals surface area contributed by atoms with Gasteiger partial charge >= 0.3 is 0 Å². The summed E-state index contributed by atoms with van der Waals surface area (Å²) in [5, 5.41) is 11.6. The quantitative estimate of drug-likeness (QED) is 0.885. The van der Waals surface area contributed by atoms with Crippen LogP contribution in [-0.2, 0) is 4.74 Å². The van der Waals surface area contributed by atoms with Gasteiger partial charge in [-0.1, -0.05) is 11.3 Å². The Labute approximate surface area is 153 Å². The average molecular weight is 355 g/mol. The van der Waals surface area contributed by atoms with Crippen molar-refractivity contribution in [1.82, 2.24) is 25.2 Å². The molecule has 26 heavy (non-hydrogen) atoms. The fourth-order valence-corrected chi connectivity index (χ4v) is 3.71. The first-order valence-corrected chi connectivity index (χ1v) is 9.29. The maximum absolute atomic E-state index is 12.4. The van der Waals surface area contributed by atoms with Crippen molar-refractivity contribution in [3.05, 3.63) is 41.7 Å². The molecule has 0 spiro atoms. The molecule has 0 bridgehead atoms. The van der Waals surface area contributed by atoms with E-state index in [9.17, 15) is 4.79 Å². The molecule has 1 aromatic heterocycles. The SMILES string of the molecule is CN1CCCC1c1cn(-c2cccc(C(=O)NCC3CCOC3)c2)nn1. The maximum Gasteiger partial charge on any atom is 0.251 e. The summed E-state index contributed by atoms with van der Waals surface area (Å²) in [7, 11) is 2.12. The summed E-state index contributed by atoms with van der Waals surface area (Å²) < 4.78 is 7.10. The minimum atomic E-state index is -0.0605. The average Bonchev–Trinajstić information content (AvgIpc) is 3.41. The number of ether oxygens (including phenoxy) is 1. The molecule has 2 aliphatic heterocycles. The van der Waals surface area contributed by atoms with Gasteiger partial charge < -0.3 is 10.1 Å². The summed E-state index contributed by atoms with van der Waals surface area (Å²) in [5.41, 5.74) is 2.47. The second-order valence-electron chi connectivity index (χ2n) is 7.22. The lowest BCUT2D eigenvalue weighted by Crippen LogP contribution is -2.29. The number of likely N-dealkylation sites (tertiary alicyclic amines) is 1. The summed E-state index contributed by atoms with van der Waals surface area (Å²) in [4.78, 5) is 14.7. The van der Waals surface area contributed by atoms with Gasteiger partial charge in [-0.3, -0.25) is 9.69 Å². The Bertz CT molecular complexity index is 769. The predicted molar refractivity (Wildman–Crippen MR) is 97.2 cm³/mol. The fourth-order valence-electron chi connectivity index (χ4n) is 3.71. The van der Waals surface area contributed by atoms with Crippen molar-refractivity contribution in [2.45, 2.75) is 25.3 Å². The fraction of sp³-hybridized carbons (Fsp3) is 0.526. The molecule has 2 saturated heterocycles. The normalized spacial score (nSPS) is 23.4. The van der Waals surface area contributed by atoms with E-state index in [2.05, 4.69) is 27.6 Å². The van der Waals surface area contributed by atoms with Crippen LogP contribution in [0.4, 0.5) is 0 Å². The topological polar surface area (TPSA) is 72.3 Å². The summed E-state index contributed by atoms with van der Waals surface area (Å²) in [6, 6.07) is 7.85. The van der Waals surface area contributed by atoms with E-state index in [1.807, 2.05) is 30.5 Å². The van der Waals surface area contributed by atoms with Crippen LogP contribution >= 0.6 is 0 Å². The molecular formula is C19H25N5O2. The molecular weight excluding hydrogens is 330 g/mol. The standard InChI is InChI=1S/C19H25N5O2/c1-23-8-3-6-18(23)17-12-24(22-21-17)16-5-2-4-15(10-16)19(25)20-11-14-7-9-26-13-14/h2,4-5,10,12,14,18H,3,6-9,11,13H2,1H3,(H,20,25). The highest BCUT2D eigenvalue weighted by molar-refractivity contribution is 5.94. The Balaban J connectivity index is 1.45. The van der Waals surface area contributed by atoms with Gasteiger partial charge in [0.25, 0.3) is 5.91 Å². The van der Waals surface area contributed by atoms with E-state index in [1.165, 1.54) is 6.42 Å². The molecule has 1 amide bonds. The van der Waals surface area contributed by atoms with Crippen molar-refractivity contribution in [1.29, 1.82) is 0 Å². The number of aromatic nitrogens is 3. The molecule has 2 aliphatic rings. The molecule has 7 heteroatoms. The number of nitrogens with zero attached hydrogens (tertiary/aromatic N) is 4. The van der Waals surface area contributed by atoms with Crippen LogP contribution in [0.3, 0.4) is 0 Å². The third kappa shape index (κ3) is 3.64. The molecule has 1 aromatic carbocycles. The highest BCUT2D eigenvalue weighted by atomic mass is 16.5. The molecule has 2 unspecified atom stereocenters. The first-order valence-electron chi connectivity index (χ1n) is 9.29. The number of amides is 1. The van der Waals surface area contributed by atoms with Gasteiger partial charge in [0, 0.05) is 24.6 Å². The van der Waals surface area contributed by atoms with E-state index in [0.29, 0.717) is 24.1 Å². The Hall–Kier alpha value is -2.25. The number of carbonyl (C=O) groups excluding carboxylic acids is 1. The summed E-state index contributed by atoms with van der Waals surface area (Å²) in [6.07, 6.45) is 5.29. The van der Waals surface area contributed by atoms with E-state index in [0.717, 1.165) is 44.0 Å². The molecule has 0 aliphatic carbocycles. The number of hydrogen-bond acceptors (Lipinski definition) is 5. The highest BCUT2D eigenvalue weighted by Gasteiger charge is 2.25. The largest absolute Gasteiger partial charge is 0.381 e. The van der Waals surface area contributed by atoms with Crippen LogP contribution in [0.1, 0.15) is 41.4 Å². The zero-order chi connectivity index (χ0) is 17.9. The molecule has 2 atom stereocenters. The highest BCUT2D eigenvalue weighted by Crippen LogP contribution is 2.29. The smallest absolute Gasteiger partial charge is 0.251 e. The van der Waals surface area contributed by atoms with Crippen LogP contribution in [0.25, 0.3) is 5.69 Å². The Kier molecular flexibility index (Phi) is 4.99. The number of benzene rings is 1. The number of nitrogens with one attached hydrogen (secondary N) is 1. The van der Waals surface area contributed by atoms with Crippen molar-refractivity contribution >= 4 is 5.91 Å². The van der Waals surface area contributed by atoms with E-state index in [1.54, 1.807) is 4.68 Å². The maximum atomic E-state index is 12.4. The van der Waals surface area contributed by atoms with Gasteiger partial charge in [-0.15, -0.1) is 5.10 Å². The summed E-state index contributed by atoms with van der Waals surface area (Å²) in [5.74, 6) is 0.359. The van der Waals surface area contributed by atoms with E-state index < -0.39 is 0 Å². The van der Waals surface area contributed by atoms with Crippen molar-refractivity contribution < 1.29 is 9.53 Å². The summed E-state index contributed by atoms with van der Waals surface area (Å²) >= 11 is 0. The summed E-state index contributed by atoms with van der Waals surface area (Å²) in [6.45, 7) is 3.28. The third-order valence-electron chi connectivity index (χ3n) is 5.32. The molecule has 0 saturated carbocycles. The van der Waals surface area contributed by atoms with Crippen LogP contribution in [0, 0.1) is 5.92 Å². The zero-order valence-electron chi connectivity index (χ0n) is 15.1. The first kappa shape index (κ1) is 17.2. The van der Waals surface area contributed by atoms with Gasteiger partial charge in [0.1, 0.15) is 5.69 Å². The Morgan fingerprint density at radius 2 is 2.31 bits per heavy atom. The van der Waals surface area contributed by atoms with Crippen molar-refractivity contribution in [2.24, 2.45) is 5.92 Å². The van der Waals surface area contributed by atoms with E-state index in [4.69, 9.17) is 4.74 Å². The van der Waals surface area contributed by atoms with Gasteiger partial charge in [0.2, 0.25) is 0 Å². The van der Waals surface area contributed by atoms with Crippen molar-refractivity contribution in [3.8, 4) is 5.69 Å². The van der Waals surface area contributed by atoms with Crippen LogP contribution in [0.2, 0.25) is 0 Å². The molecule has 2 fully saturated rings. The Morgan fingerprint density at radius 3 is 3.08 bits per heavy atom. The van der Waals surface area contributed by atoms with E-state index in [-0.39, 0.29) is 5.91 Å². The van der Waals surface area contributed by atoms with Crippen molar-refractivity contribution in [3.63, 3.8) is 0 Å². The third-order valence-corrected chi connectivity index (χ3v) is 5.32. The second kappa shape index (κ2) is 7.55. The molecule has 4 rings (SSSR count). The zero-order valence-corrected chi connectivity index (χ0v) is 15.1. The molecule has 2 aromatic rings. The molecule has 1 N–H and O–H groups in total. The molecule has 3 heterocycles. The van der Waals surface area contributed by atoms with Crippen LogP contribution in [0.15, 0.2) is 30.5 Å². The first-order chi connectivity index (χ1) is 12.7. The monoisotopic (exact) mass is 355 g/mol. The van der Waals surface area contributed by atoms with Crippen LogP contribution in [-0.4, -0.2) is 59.2 Å². The van der Waals surface area contributed by atoms with Crippen molar-refractivity contribution in [2.75, 3.05) is 33.4 Å². The predicted octanol–water partition coefficient (Wildman–Crippen LogP) is 1.80. The van der Waals surface area contributed by atoms with Gasteiger partial charge in [-0.05, 0) is 51.1 Å². The lowest BCUT2D eigenvalue weighted by atomic mass is 10.1. The lowest BCUT2D eigenvalue weighted by Gasteiger charge is -2.15. The van der Waals surface area contributed by atoms with Gasteiger partial charge in [0.05, 0.1) is 24.5 Å². The number of hydrogen-bond donors (Lipinski definition) is 1. The van der Waals surface area contributed by atoms with Gasteiger partial charge in [-0.25, -0.2) is 4.68 Å². The van der Waals surface area contributed by atoms with Crippen LogP contribution < -0.4 is 5.32 Å². The van der Waals surface area contributed by atoms with Gasteiger partial charge in [-0.2, -0.15) is 0 Å². The van der Waals surface area contributed by atoms with Gasteiger partial charge in [0.15, 0.2) is 0 Å². The Morgan fingerprint density at radius 1 is 1.38 bits per heavy atom. The lowest BCUT2D eigenvalue weighted by molar-refractivity contribution is 0.0945. The molecule has 7 nitrogen and oxygen atoms in total. The number of carbonyl (C=O) groups is 1. The van der Waals surface area contributed by atoms with E-state index >= 15 is 0 Å². The number of rotatable bonds is 5. The second-order valence-corrected chi connectivity index (χ2v) is 7.22. The minimum absolute atomic E-state index is 0.0605. The molecule has 0 radical (unpaired) electrons.